The van der Waals surface area contributed by atoms with Gasteiger partial charge in [-0.3, -0.25) is 4.79 Å². The number of rotatable bonds is 11. The highest BCUT2D eigenvalue weighted by atomic mass is 32.1. The smallest absolute Gasteiger partial charge is 0.220 e. The zero-order valence-electron chi connectivity index (χ0n) is 19.8. The molecule has 4 nitrogen and oxygen atoms in total. The molecular formula is C24H41N3OS. The summed E-state index contributed by atoms with van der Waals surface area (Å²) in [7, 11) is 0. The Morgan fingerprint density at radius 1 is 1.14 bits per heavy atom. The lowest BCUT2D eigenvalue weighted by Gasteiger charge is -2.49. The Hall–Kier alpha value is -1.36. The summed E-state index contributed by atoms with van der Waals surface area (Å²) in [6.07, 6.45) is 6.16. The lowest BCUT2D eigenvalue weighted by Crippen LogP contribution is -2.62. The number of thiazole rings is 1. The van der Waals surface area contributed by atoms with Crippen molar-refractivity contribution in [1.82, 2.24) is 14.8 Å². The summed E-state index contributed by atoms with van der Waals surface area (Å²) in [4.78, 5) is 24.6. The van der Waals surface area contributed by atoms with Crippen molar-refractivity contribution in [3.05, 3.63) is 27.5 Å². The molecular weight excluding hydrogens is 378 g/mol. The fourth-order valence-corrected chi connectivity index (χ4v) is 5.75. The van der Waals surface area contributed by atoms with Gasteiger partial charge in [-0.25, -0.2) is 4.98 Å². The Labute approximate surface area is 182 Å². The SMILES string of the molecule is CCCCN1C(CCC)=C(CC)N(C(C)C)C1(CC(C)C)C(=O)c1scnc1C. The van der Waals surface area contributed by atoms with Gasteiger partial charge in [0.05, 0.1) is 16.1 Å². The summed E-state index contributed by atoms with van der Waals surface area (Å²) in [5.74, 6) is 0.657. The first-order valence-electron chi connectivity index (χ1n) is 11.5. The lowest BCUT2D eigenvalue weighted by molar-refractivity contribution is -0.00702. The zero-order valence-corrected chi connectivity index (χ0v) is 20.7. The number of aryl methyl sites for hydroxylation is 1. The van der Waals surface area contributed by atoms with Crippen molar-refractivity contribution in [3.63, 3.8) is 0 Å². The highest BCUT2D eigenvalue weighted by Crippen LogP contribution is 2.48. The average molecular weight is 420 g/mol. The molecule has 1 aliphatic rings. The number of nitrogens with zero attached hydrogens (tertiary/aromatic N) is 3. The van der Waals surface area contributed by atoms with E-state index in [4.69, 9.17) is 0 Å². The number of allylic oxidation sites excluding steroid dienone is 2. The van der Waals surface area contributed by atoms with Crippen LogP contribution in [0.5, 0.6) is 0 Å². The second kappa shape index (κ2) is 10.1. The van der Waals surface area contributed by atoms with Gasteiger partial charge in [-0.1, -0.05) is 47.5 Å². The molecule has 0 aliphatic carbocycles. The molecule has 1 aromatic rings. The van der Waals surface area contributed by atoms with Gasteiger partial charge in [-0.2, -0.15) is 0 Å². The normalized spacial score (nSPS) is 19.9. The van der Waals surface area contributed by atoms with E-state index in [1.54, 1.807) is 0 Å². The largest absolute Gasteiger partial charge is 0.344 e. The molecule has 29 heavy (non-hydrogen) atoms. The van der Waals surface area contributed by atoms with E-state index in [9.17, 15) is 4.79 Å². The van der Waals surface area contributed by atoms with E-state index in [-0.39, 0.29) is 11.8 Å². The van der Waals surface area contributed by atoms with Gasteiger partial charge in [0, 0.05) is 24.0 Å². The molecule has 0 N–H and O–H groups in total. The van der Waals surface area contributed by atoms with Crippen molar-refractivity contribution in [2.75, 3.05) is 6.54 Å². The van der Waals surface area contributed by atoms with Crippen LogP contribution < -0.4 is 0 Å². The second-order valence-electron chi connectivity index (χ2n) is 8.98. The molecule has 0 radical (unpaired) electrons. The summed E-state index contributed by atoms with van der Waals surface area (Å²) < 4.78 is 0. The van der Waals surface area contributed by atoms with E-state index in [0.29, 0.717) is 5.92 Å². The molecule has 0 amide bonds. The van der Waals surface area contributed by atoms with Crippen LogP contribution in [-0.2, 0) is 0 Å². The van der Waals surface area contributed by atoms with Crippen molar-refractivity contribution >= 4 is 17.1 Å². The number of Topliss-reactive ketones (excluding diaryl/α,β-unsaturated/α-hetero) is 1. The van der Waals surface area contributed by atoms with Crippen LogP contribution in [0.4, 0.5) is 0 Å². The topological polar surface area (TPSA) is 36.4 Å². The summed E-state index contributed by atoms with van der Waals surface area (Å²) in [5.41, 5.74) is 4.81. The third-order valence-corrected chi connectivity index (χ3v) is 6.80. The average Bonchev–Trinajstić information content (AvgIpc) is 3.19. The van der Waals surface area contributed by atoms with Gasteiger partial charge in [0.2, 0.25) is 5.78 Å². The predicted octanol–water partition coefficient (Wildman–Crippen LogP) is 6.62. The van der Waals surface area contributed by atoms with E-state index >= 15 is 0 Å². The zero-order chi connectivity index (χ0) is 21.8. The molecule has 0 spiro atoms. The molecule has 0 bridgehead atoms. The molecule has 1 aliphatic heterocycles. The molecule has 164 valence electrons. The van der Waals surface area contributed by atoms with E-state index in [1.165, 1.54) is 22.7 Å². The molecule has 1 aromatic heterocycles. The number of hydrogen-bond acceptors (Lipinski definition) is 5. The Kier molecular flexibility index (Phi) is 8.33. The first-order chi connectivity index (χ1) is 13.8. The minimum atomic E-state index is -0.634. The second-order valence-corrected chi connectivity index (χ2v) is 9.83. The van der Waals surface area contributed by atoms with Gasteiger partial charge in [-0.05, 0) is 52.4 Å². The molecule has 0 saturated heterocycles. The van der Waals surface area contributed by atoms with Crippen LogP contribution in [0.3, 0.4) is 0 Å². The quantitative estimate of drug-likeness (QED) is 0.377. The van der Waals surface area contributed by atoms with Gasteiger partial charge >= 0.3 is 0 Å². The van der Waals surface area contributed by atoms with Gasteiger partial charge in [0.25, 0.3) is 0 Å². The minimum Gasteiger partial charge on any atom is -0.344 e. The molecule has 2 rings (SSSR count). The number of hydrogen-bond donors (Lipinski definition) is 0. The van der Waals surface area contributed by atoms with E-state index in [0.717, 1.165) is 55.6 Å². The number of aromatic nitrogens is 1. The van der Waals surface area contributed by atoms with E-state index in [1.807, 2.05) is 12.4 Å². The molecule has 1 unspecified atom stereocenters. The third-order valence-electron chi connectivity index (χ3n) is 5.88. The van der Waals surface area contributed by atoms with Crippen LogP contribution in [0.25, 0.3) is 0 Å². The lowest BCUT2D eigenvalue weighted by atomic mass is 9.88. The molecule has 1 atom stereocenters. The Morgan fingerprint density at radius 3 is 2.28 bits per heavy atom. The standard InChI is InChI=1S/C24H41N3OS/c1-9-12-14-26-21(13-10-2)20(11-3)27(18(6)7)24(26,15-17(4)5)23(28)22-19(8)25-16-29-22/h16-18H,9-15H2,1-8H3. The first-order valence-corrected chi connectivity index (χ1v) is 12.4. The maximum absolute atomic E-state index is 14.3. The maximum Gasteiger partial charge on any atom is 0.220 e. The molecule has 0 saturated carbocycles. The highest BCUT2D eigenvalue weighted by molar-refractivity contribution is 7.12. The maximum atomic E-state index is 14.3. The van der Waals surface area contributed by atoms with Crippen molar-refractivity contribution in [2.24, 2.45) is 5.92 Å². The van der Waals surface area contributed by atoms with Crippen LogP contribution in [0, 0.1) is 12.8 Å². The fraction of sp³-hybridized carbons (Fsp3) is 0.750. The summed E-state index contributed by atoms with van der Waals surface area (Å²) >= 11 is 1.50. The minimum absolute atomic E-state index is 0.244. The summed E-state index contributed by atoms with van der Waals surface area (Å²) in [6, 6.07) is 0.263. The van der Waals surface area contributed by atoms with Crippen LogP contribution >= 0.6 is 11.3 Å². The fourth-order valence-electron chi connectivity index (χ4n) is 4.94. The number of unbranched alkanes of at least 4 members (excludes halogenated alkanes) is 1. The van der Waals surface area contributed by atoms with Gasteiger partial charge in [-0.15, -0.1) is 11.3 Å². The van der Waals surface area contributed by atoms with Gasteiger partial charge in [0.15, 0.2) is 5.66 Å². The molecule has 2 heterocycles. The van der Waals surface area contributed by atoms with Crippen LogP contribution in [0.2, 0.25) is 0 Å². The van der Waals surface area contributed by atoms with Crippen LogP contribution in [0.1, 0.15) is 102 Å². The number of ketones is 1. The van der Waals surface area contributed by atoms with Crippen molar-refractivity contribution in [1.29, 1.82) is 0 Å². The number of carbonyl (C=O) groups excluding carboxylic acids is 1. The van der Waals surface area contributed by atoms with Crippen LogP contribution in [-0.4, -0.2) is 38.8 Å². The highest BCUT2D eigenvalue weighted by Gasteiger charge is 2.56. The first kappa shape index (κ1) is 23.9. The van der Waals surface area contributed by atoms with E-state index in [2.05, 4.69) is 63.2 Å². The Balaban J connectivity index is 2.76. The van der Waals surface area contributed by atoms with Gasteiger partial charge in [0.1, 0.15) is 0 Å². The molecule has 5 heteroatoms. The summed E-state index contributed by atoms with van der Waals surface area (Å²) in [6.45, 7) is 18.6. The van der Waals surface area contributed by atoms with E-state index < -0.39 is 5.66 Å². The van der Waals surface area contributed by atoms with Crippen molar-refractivity contribution < 1.29 is 4.79 Å². The monoisotopic (exact) mass is 419 g/mol. The van der Waals surface area contributed by atoms with Gasteiger partial charge < -0.3 is 9.80 Å². The molecule has 0 aromatic carbocycles. The van der Waals surface area contributed by atoms with Crippen molar-refractivity contribution in [3.8, 4) is 0 Å². The molecule has 0 fully saturated rings. The summed E-state index contributed by atoms with van der Waals surface area (Å²) in [5, 5.41) is 0. The van der Waals surface area contributed by atoms with Crippen LogP contribution in [0.15, 0.2) is 16.9 Å². The Bertz CT molecular complexity index is 721. The Morgan fingerprint density at radius 2 is 1.83 bits per heavy atom. The van der Waals surface area contributed by atoms with Crippen molar-refractivity contribution in [2.45, 2.75) is 106 Å². The third kappa shape index (κ3) is 4.40. The number of carbonyl (C=O) groups is 1. The predicted molar refractivity (Wildman–Crippen MR) is 124 cm³/mol.